The average molecular weight is 338 g/mol. The van der Waals surface area contributed by atoms with Crippen LogP contribution in [0.1, 0.15) is 44.4 Å². The molecule has 2 heterocycles. The monoisotopic (exact) mass is 337 g/mol. The first-order chi connectivity index (χ1) is 9.54. The lowest BCUT2D eigenvalue weighted by atomic mass is 10.1. The Bertz CT molecular complexity index is 593. The molecule has 0 aromatic carbocycles. The maximum atomic E-state index is 5.52. The van der Waals surface area contributed by atoms with Gasteiger partial charge in [-0.05, 0) is 46.8 Å². The van der Waals surface area contributed by atoms with Gasteiger partial charge in [-0.3, -0.25) is 0 Å². The van der Waals surface area contributed by atoms with Gasteiger partial charge in [-0.2, -0.15) is 0 Å². The van der Waals surface area contributed by atoms with E-state index in [2.05, 4.69) is 52.0 Å². The fraction of sp³-hybridized carbons (Fsp3) is 0.467. The molecule has 0 saturated carbocycles. The van der Waals surface area contributed by atoms with Gasteiger partial charge < -0.3 is 9.73 Å². The van der Waals surface area contributed by atoms with Crippen molar-refractivity contribution in [1.82, 2.24) is 9.97 Å². The van der Waals surface area contributed by atoms with Crippen LogP contribution in [0.25, 0.3) is 11.6 Å². The molecule has 0 aliphatic heterocycles. The Hall–Kier alpha value is -1.36. The van der Waals surface area contributed by atoms with Crippen LogP contribution in [0.4, 0.5) is 5.82 Å². The largest absolute Gasteiger partial charge is 0.461 e. The molecule has 0 aliphatic carbocycles. The lowest BCUT2D eigenvalue weighted by Gasteiger charge is -2.14. The van der Waals surface area contributed by atoms with Gasteiger partial charge in [0, 0.05) is 6.54 Å². The minimum atomic E-state index is 0.309. The second kappa shape index (κ2) is 6.39. The fourth-order valence-electron chi connectivity index (χ4n) is 1.91. The Morgan fingerprint density at radius 2 is 2.10 bits per heavy atom. The molecule has 2 aromatic heterocycles. The van der Waals surface area contributed by atoms with Crippen molar-refractivity contribution >= 4 is 21.7 Å². The van der Waals surface area contributed by atoms with Crippen molar-refractivity contribution in [2.24, 2.45) is 0 Å². The topological polar surface area (TPSA) is 51.0 Å². The highest BCUT2D eigenvalue weighted by Gasteiger charge is 2.18. The zero-order valence-electron chi connectivity index (χ0n) is 12.3. The molecule has 0 saturated heterocycles. The number of halogens is 1. The van der Waals surface area contributed by atoms with Crippen LogP contribution in [0.2, 0.25) is 0 Å². The molecule has 20 heavy (non-hydrogen) atoms. The molecule has 2 aromatic rings. The molecule has 5 heteroatoms. The van der Waals surface area contributed by atoms with Crippen LogP contribution in [0.5, 0.6) is 0 Å². The van der Waals surface area contributed by atoms with Crippen molar-refractivity contribution in [2.45, 2.75) is 40.0 Å². The molecule has 0 aliphatic rings. The lowest BCUT2D eigenvalue weighted by Crippen LogP contribution is -2.08. The van der Waals surface area contributed by atoms with E-state index >= 15 is 0 Å². The number of rotatable bonds is 5. The zero-order valence-corrected chi connectivity index (χ0v) is 13.9. The molecule has 0 fully saturated rings. The van der Waals surface area contributed by atoms with Crippen molar-refractivity contribution in [3.63, 3.8) is 0 Å². The summed E-state index contributed by atoms with van der Waals surface area (Å²) in [4.78, 5) is 9.25. The summed E-state index contributed by atoms with van der Waals surface area (Å²) in [7, 11) is 0. The summed E-state index contributed by atoms with van der Waals surface area (Å²) >= 11 is 3.61. The highest BCUT2D eigenvalue weighted by atomic mass is 79.9. The lowest BCUT2D eigenvalue weighted by molar-refractivity contribution is 0.574. The van der Waals surface area contributed by atoms with E-state index in [9.17, 15) is 0 Å². The van der Waals surface area contributed by atoms with Gasteiger partial charge in [-0.1, -0.05) is 20.8 Å². The molecule has 0 radical (unpaired) electrons. The summed E-state index contributed by atoms with van der Waals surface area (Å²) in [6, 6.07) is 1.93. The standard InChI is InChI=1S/C15H20BrN3O/c1-5-7-17-14-11(16)12(9(2)3)18-15(19-14)13-10(4)6-8-20-13/h6,8-9H,5,7H2,1-4H3,(H,17,18,19). The number of nitrogens with one attached hydrogen (secondary N) is 1. The van der Waals surface area contributed by atoms with Crippen LogP contribution in [-0.4, -0.2) is 16.5 Å². The molecular weight excluding hydrogens is 318 g/mol. The van der Waals surface area contributed by atoms with Crippen LogP contribution < -0.4 is 5.32 Å². The molecule has 2 rings (SSSR count). The maximum Gasteiger partial charge on any atom is 0.198 e. The SMILES string of the molecule is CCCNc1nc(-c2occc2C)nc(C(C)C)c1Br. The Kier molecular flexibility index (Phi) is 4.81. The maximum absolute atomic E-state index is 5.52. The number of hydrogen-bond acceptors (Lipinski definition) is 4. The minimum Gasteiger partial charge on any atom is -0.461 e. The first-order valence-electron chi connectivity index (χ1n) is 6.90. The van der Waals surface area contributed by atoms with E-state index in [0.717, 1.165) is 40.3 Å². The van der Waals surface area contributed by atoms with E-state index in [1.165, 1.54) is 0 Å². The first-order valence-corrected chi connectivity index (χ1v) is 7.69. The Balaban J connectivity index is 2.53. The van der Waals surface area contributed by atoms with Crippen molar-refractivity contribution in [2.75, 3.05) is 11.9 Å². The molecule has 0 amide bonds. The number of aromatic nitrogens is 2. The van der Waals surface area contributed by atoms with E-state index in [0.29, 0.717) is 11.7 Å². The fourth-order valence-corrected chi connectivity index (χ4v) is 2.69. The van der Waals surface area contributed by atoms with Crippen molar-refractivity contribution in [3.8, 4) is 11.6 Å². The van der Waals surface area contributed by atoms with Crippen LogP contribution in [0, 0.1) is 6.92 Å². The normalized spacial score (nSPS) is 11.1. The van der Waals surface area contributed by atoms with Gasteiger partial charge in [0.1, 0.15) is 5.82 Å². The number of aryl methyl sites for hydroxylation is 1. The van der Waals surface area contributed by atoms with Gasteiger partial charge in [0.25, 0.3) is 0 Å². The summed E-state index contributed by atoms with van der Waals surface area (Å²) < 4.78 is 6.46. The second-order valence-corrected chi connectivity index (χ2v) is 5.90. The summed E-state index contributed by atoms with van der Waals surface area (Å²) in [6.07, 6.45) is 2.72. The third-order valence-corrected chi connectivity index (χ3v) is 3.81. The van der Waals surface area contributed by atoms with E-state index in [4.69, 9.17) is 4.42 Å². The molecule has 0 unspecified atom stereocenters. The van der Waals surface area contributed by atoms with Gasteiger partial charge in [0.05, 0.1) is 16.4 Å². The summed E-state index contributed by atoms with van der Waals surface area (Å²) in [5.41, 5.74) is 2.04. The van der Waals surface area contributed by atoms with Gasteiger partial charge >= 0.3 is 0 Å². The van der Waals surface area contributed by atoms with Crippen LogP contribution in [0.15, 0.2) is 21.2 Å². The van der Waals surface area contributed by atoms with Crippen molar-refractivity contribution in [1.29, 1.82) is 0 Å². The smallest absolute Gasteiger partial charge is 0.198 e. The van der Waals surface area contributed by atoms with E-state index in [1.54, 1.807) is 6.26 Å². The highest BCUT2D eigenvalue weighted by molar-refractivity contribution is 9.10. The summed E-state index contributed by atoms with van der Waals surface area (Å²) in [5.74, 6) is 2.51. The Morgan fingerprint density at radius 3 is 2.65 bits per heavy atom. The Morgan fingerprint density at radius 1 is 1.35 bits per heavy atom. The average Bonchev–Trinajstić information content (AvgIpc) is 2.83. The van der Waals surface area contributed by atoms with Crippen LogP contribution >= 0.6 is 15.9 Å². The van der Waals surface area contributed by atoms with Gasteiger partial charge in [0.2, 0.25) is 0 Å². The molecule has 4 nitrogen and oxygen atoms in total. The highest BCUT2D eigenvalue weighted by Crippen LogP contribution is 2.32. The minimum absolute atomic E-state index is 0.309. The molecule has 0 bridgehead atoms. The molecular formula is C15H20BrN3O. The second-order valence-electron chi connectivity index (χ2n) is 5.11. The van der Waals surface area contributed by atoms with Crippen LogP contribution in [0.3, 0.4) is 0 Å². The zero-order chi connectivity index (χ0) is 14.7. The summed E-state index contributed by atoms with van der Waals surface area (Å²) in [6.45, 7) is 9.25. The quantitative estimate of drug-likeness (QED) is 0.854. The molecule has 0 spiro atoms. The van der Waals surface area contributed by atoms with Crippen LogP contribution in [-0.2, 0) is 0 Å². The third-order valence-electron chi connectivity index (χ3n) is 3.03. The molecule has 0 atom stereocenters. The Labute approximate surface area is 128 Å². The van der Waals surface area contributed by atoms with E-state index in [-0.39, 0.29) is 0 Å². The van der Waals surface area contributed by atoms with Gasteiger partial charge in [-0.25, -0.2) is 9.97 Å². The predicted octanol–water partition coefficient (Wildman–Crippen LogP) is 4.75. The van der Waals surface area contributed by atoms with Gasteiger partial charge in [0.15, 0.2) is 11.6 Å². The molecule has 108 valence electrons. The number of furan rings is 1. The molecule has 1 N–H and O–H groups in total. The van der Waals surface area contributed by atoms with E-state index in [1.807, 2.05) is 13.0 Å². The van der Waals surface area contributed by atoms with Crippen molar-refractivity contribution in [3.05, 3.63) is 28.1 Å². The van der Waals surface area contributed by atoms with Crippen molar-refractivity contribution < 1.29 is 4.42 Å². The van der Waals surface area contributed by atoms with E-state index < -0.39 is 0 Å². The predicted molar refractivity (Wildman–Crippen MR) is 85.0 cm³/mol. The van der Waals surface area contributed by atoms with Gasteiger partial charge in [-0.15, -0.1) is 0 Å². The first kappa shape index (κ1) is 15.0. The number of nitrogens with zero attached hydrogens (tertiary/aromatic N) is 2. The number of hydrogen-bond donors (Lipinski definition) is 1. The summed E-state index contributed by atoms with van der Waals surface area (Å²) in [5, 5.41) is 3.34. The number of anilines is 1. The third kappa shape index (κ3) is 3.03.